The number of hydrogen-bond acceptors (Lipinski definition) is 3. The highest BCUT2D eigenvalue weighted by Gasteiger charge is 2.24. The van der Waals surface area contributed by atoms with Gasteiger partial charge in [0.05, 0.1) is 6.10 Å². The average molecular weight is 314 g/mol. The third-order valence-electron chi connectivity index (χ3n) is 3.88. The summed E-state index contributed by atoms with van der Waals surface area (Å²) in [7, 11) is 0. The van der Waals surface area contributed by atoms with Gasteiger partial charge in [0.2, 0.25) is 0 Å². The zero-order valence-electron chi connectivity index (χ0n) is 12.8. The van der Waals surface area contributed by atoms with Crippen molar-refractivity contribution in [1.29, 1.82) is 0 Å². The van der Waals surface area contributed by atoms with Crippen LogP contribution in [-0.4, -0.2) is 35.0 Å². The minimum atomic E-state index is -0.301. The zero-order chi connectivity index (χ0) is 16.1. The molecular weight excluding hydrogens is 295 g/mol. The van der Waals surface area contributed by atoms with Gasteiger partial charge in [-0.3, -0.25) is 9.78 Å². The summed E-state index contributed by atoms with van der Waals surface area (Å²) >= 11 is 0. The molecule has 1 unspecified atom stereocenters. The molecule has 1 aromatic heterocycles. The first-order valence-electron chi connectivity index (χ1n) is 7.79. The number of halogens is 1. The minimum Gasteiger partial charge on any atom is -0.376 e. The van der Waals surface area contributed by atoms with E-state index < -0.39 is 0 Å². The lowest BCUT2D eigenvalue weighted by Gasteiger charge is -2.25. The molecule has 1 fully saturated rings. The number of carbonyl (C=O) groups is 1. The van der Waals surface area contributed by atoms with Crippen LogP contribution in [0.1, 0.15) is 28.9 Å². The van der Waals surface area contributed by atoms with E-state index in [-0.39, 0.29) is 17.8 Å². The van der Waals surface area contributed by atoms with Gasteiger partial charge in [-0.25, -0.2) is 4.39 Å². The van der Waals surface area contributed by atoms with Crippen molar-refractivity contribution in [3.63, 3.8) is 0 Å². The predicted octanol–water partition coefficient (Wildman–Crippen LogP) is 3.04. The third kappa shape index (κ3) is 4.13. The second-order valence-corrected chi connectivity index (χ2v) is 5.67. The zero-order valence-corrected chi connectivity index (χ0v) is 12.8. The summed E-state index contributed by atoms with van der Waals surface area (Å²) < 4.78 is 19.0. The Labute approximate surface area is 134 Å². The maximum Gasteiger partial charge on any atom is 0.272 e. The van der Waals surface area contributed by atoms with Crippen LogP contribution < -0.4 is 0 Å². The number of aromatic nitrogens is 1. The molecule has 0 N–H and O–H groups in total. The Balaban J connectivity index is 1.79. The number of nitrogens with zero attached hydrogens (tertiary/aromatic N) is 2. The Morgan fingerprint density at radius 2 is 2.22 bits per heavy atom. The Morgan fingerprint density at radius 3 is 2.91 bits per heavy atom. The van der Waals surface area contributed by atoms with Crippen LogP contribution in [-0.2, 0) is 11.3 Å². The van der Waals surface area contributed by atoms with E-state index in [0.717, 1.165) is 25.0 Å². The van der Waals surface area contributed by atoms with Crippen LogP contribution in [0.15, 0.2) is 48.7 Å². The highest BCUT2D eigenvalue weighted by atomic mass is 19.1. The summed E-state index contributed by atoms with van der Waals surface area (Å²) in [5.74, 6) is -0.463. The summed E-state index contributed by atoms with van der Waals surface area (Å²) in [5.41, 5.74) is 1.15. The summed E-state index contributed by atoms with van der Waals surface area (Å²) in [6.07, 6.45) is 3.58. The first-order valence-corrected chi connectivity index (χ1v) is 7.79. The number of pyridine rings is 1. The lowest BCUT2D eigenvalue weighted by atomic mass is 10.1. The van der Waals surface area contributed by atoms with Crippen LogP contribution >= 0.6 is 0 Å². The second kappa shape index (κ2) is 7.33. The molecule has 1 aromatic carbocycles. The van der Waals surface area contributed by atoms with Gasteiger partial charge in [0.15, 0.2) is 0 Å². The SMILES string of the molecule is O=C(c1ccccn1)N(Cc1cccc(F)c1)CC1CCCO1. The molecule has 1 aliphatic heterocycles. The molecule has 1 aliphatic rings. The average Bonchev–Trinajstić information content (AvgIpc) is 3.07. The molecule has 23 heavy (non-hydrogen) atoms. The number of ether oxygens (including phenoxy) is 1. The van der Waals surface area contributed by atoms with E-state index in [2.05, 4.69) is 4.98 Å². The molecular formula is C18H19FN2O2. The van der Waals surface area contributed by atoms with E-state index >= 15 is 0 Å². The van der Waals surface area contributed by atoms with Crippen LogP contribution in [0.3, 0.4) is 0 Å². The van der Waals surface area contributed by atoms with Gasteiger partial charge >= 0.3 is 0 Å². The smallest absolute Gasteiger partial charge is 0.272 e. The van der Waals surface area contributed by atoms with Crippen molar-refractivity contribution in [2.75, 3.05) is 13.2 Å². The van der Waals surface area contributed by atoms with Gasteiger partial charge in [-0.2, -0.15) is 0 Å². The summed E-state index contributed by atoms with van der Waals surface area (Å²) in [6, 6.07) is 11.6. The first-order chi connectivity index (χ1) is 11.2. The molecule has 1 saturated heterocycles. The molecule has 0 bridgehead atoms. The first kappa shape index (κ1) is 15.6. The number of carbonyl (C=O) groups excluding carboxylic acids is 1. The second-order valence-electron chi connectivity index (χ2n) is 5.67. The van der Waals surface area contributed by atoms with E-state index in [9.17, 15) is 9.18 Å². The molecule has 5 heteroatoms. The lowest BCUT2D eigenvalue weighted by Crippen LogP contribution is -2.37. The van der Waals surface area contributed by atoms with Gasteiger partial charge in [-0.1, -0.05) is 18.2 Å². The van der Waals surface area contributed by atoms with E-state index in [1.54, 1.807) is 35.4 Å². The highest BCUT2D eigenvalue weighted by molar-refractivity contribution is 5.92. The molecule has 3 rings (SSSR count). The maximum absolute atomic E-state index is 13.4. The summed E-state index contributed by atoms with van der Waals surface area (Å²) in [5, 5.41) is 0. The van der Waals surface area contributed by atoms with E-state index in [4.69, 9.17) is 4.74 Å². The molecule has 0 spiro atoms. The third-order valence-corrected chi connectivity index (χ3v) is 3.88. The minimum absolute atomic E-state index is 0.0382. The summed E-state index contributed by atoms with van der Waals surface area (Å²) in [6.45, 7) is 1.56. The van der Waals surface area contributed by atoms with Crippen molar-refractivity contribution in [1.82, 2.24) is 9.88 Å². The van der Waals surface area contributed by atoms with Gasteiger partial charge in [-0.15, -0.1) is 0 Å². The van der Waals surface area contributed by atoms with Gasteiger partial charge < -0.3 is 9.64 Å². The van der Waals surface area contributed by atoms with Crippen LogP contribution in [0.2, 0.25) is 0 Å². The molecule has 2 aromatic rings. The number of benzene rings is 1. The van der Waals surface area contributed by atoms with Crippen molar-refractivity contribution in [2.24, 2.45) is 0 Å². The molecule has 0 radical (unpaired) electrons. The molecule has 0 saturated carbocycles. The topological polar surface area (TPSA) is 42.4 Å². The van der Waals surface area contributed by atoms with E-state index in [1.165, 1.54) is 12.1 Å². The summed E-state index contributed by atoms with van der Waals surface area (Å²) in [4.78, 5) is 18.6. The van der Waals surface area contributed by atoms with E-state index in [1.807, 2.05) is 6.07 Å². The van der Waals surface area contributed by atoms with Gasteiger partial charge in [-0.05, 0) is 42.7 Å². The van der Waals surface area contributed by atoms with Gasteiger partial charge in [0.25, 0.3) is 5.91 Å². The number of amides is 1. The maximum atomic E-state index is 13.4. The fourth-order valence-corrected chi connectivity index (χ4v) is 2.76. The molecule has 2 heterocycles. The molecule has 0 aliphatic carbocycles. The van der Waals surface area contributed by atoms with Crippen LogP contribution in [0.5, 0.6) is 0 Å². The van der Waals surface area contributed by atoms with Crippen molar-refractivity contribution >= 4 is 5.91 Å². The number of rotatable bonds is 5. The fourth-order valence-electron chi connectivity index (χ4n) is 2.76. The molecule has 4 nitrogen and oxygen atoms in total. The number of hydrogen-bond donors (Lipinski definition) is 0. The Kier molecular flexibility index (Phi) is 4.98. The van der Waals surface area contributed by atoms with Crippen molar-refractivity contribution < 1.29 is 13.9 Å². The highest BCUT2D eigenvalue weighted by Crippen LogP contribution is 2.17. The molecule has 120 valence electrons. The molecule has 1 amide bonds. The monoisotopic (exact) mass is 314 g/mol. The van der Waals surface area contributed by atoms with Crippen molar-refractivity contribution in [3.05, 3.63) is 65.7 Å². The van der Waals surface area contributed by atoms with Gasteiger partial charge in [0, 0.05) is 25.9 Å². The Bertz CT molecular complexity index is 657. The van der Waals surface area contributed by atoms with E-state index in [0.29, 0.717) is 18.8 Å². The lowest BCUT2D eigenvalue weighted by molar-refractivity contribution is 0.0502. The quantitative estimate of drug-likeness (QED) is 0.852. The predicted molar refractivity (Wildman–Crippen MR) is 84.4 cm³/mol. The van der Waals surface area contributed by atoms with Crippen molar-refractivity contribution in [3.8, 4) is 0 Å². The Morgan fingerprint density at radius 1 is 1.30 bits per heavy atom. The van der Waals surface area contributed by atoms with Crippen LogP contribution in [0.25, 0.3) is 0 Å². The Hall–Kier alpha value is -2.27. The van der Waals surface area contributed by atoms with Gasteiger partial charge in [0.1, 0.15) is 11.5 Å². The van der Waals surface area contributed by atoms with Crippen LogP contribution in [0, 0.1) is 5.82 Å². The fraction of sp³-hybridized carbons (Fsp3) is 0.333. The molecule has 1 atom stereocenters. The van der Waals surface area contributed by atoms with Crippen LogP contribution in [0.4, 0.5) is 4.39 Å². The van der Waals surface area contributed by atoms with Crippen molar-refractivity contribution in [2.45, 2.75) is 25.5 Å². The standard InChI is InChI=1S/C18H19FN2O2/c19-15-6-3-5-14(11-15)12-21(13-16-7-4-10-23-16)18(22)17-8-1-2-9-20-17/h1-3,5-6,8-9,11,16H,4,7,10,12-13H2. The largest absolute Gasteiger partial charge is 0.376 e. The normalized spacial score (nSPS) is 17.2.